The van der Waals surface area contributed by atoms with Gasteiger partial charge >= 0.3 is 5.97 Å². The lowest BCUT2D eigenvalue weighted by molar-refractivity contribution is -0.139. The third-order valence-electron chi connectivity index (χ3n) is 1.91. The van der Waals surface area contributed by atoms with Gasteiger partial charge in [0.2, 0.25) is 0 Å². The number of H-pyrrole nitrogens is 1. The van der Waals surface area contributed by atoms with E-state index in [-0.39, 0.29) is 18.7 Å². The van der Waals surface area contributed by atoms with Crippen molar-refractivity contribution in [2.24, 2.45) is 0 Å². The number of nitrogens with one attached hydrogen (secondary N) is 2. The highest BCUT2D eigenvalue weighted by Crippen LogP contribution is 2.09. The SMILES string of the molecule is O=C(NC(CCO)C(=O)O)c1cc(Cl)c[nH]1. The first-order chi connectivity index (χ1) is 7.54. The molecule has 0 saturated carbocycles. The number of carboxylic acid groups (broad SMARTS) is 1. The number of halogens is 1. The van der Waals surface area contributed by atoms with Crippen molar-refractivity contribution in [1.82, 2.24) is 10.3 Å². The molecule has 6 nitrogen and oxygen atoms in total. The number of carbonyl (C=O) groups excluding carboxylic acids is 1. The molecule has 4 N–H and O–H groups in total. The molecule has 0 aliphatic carbocycles. The highest BCUT2D eigenvalue weighted by molar-refractivity contribution is 6.30. The van der Waals surface area contributed by atoms with Gasteiger partial charge in [-0.25, -0.2) is 4.79 Å². The maximum atomic E-state index is 11.5. The lowest BCUT2D eigenvalue weighted by Crippen LogP contribution is -2.41. The summed E-state index contributed by atoms with van der Waals surface area (Å²) in [6, 6.07) is 0.272. The van der Waals surface area contributed by atoms with Gasteiger partial charge in [-0.05, 0) is 6.07 Å². The first-order valence-corrected chi connectivity index (χ1v) is 4.91. The topological polar surface area (TPSA) is 102 Å². The van der Waals surface area contributed by atoms with Crippen LogP contribution in [0.1, 0.15) is 16.9 Å². The summed E-state index contributed by atoms with van der Waals surface area (Å²) in [5.74, 6) is -1.77. The second-order valence-corrected chi connectivity index (χ2v) is 3.54. The first-order valence-electron chi connectivity index (χ1n) is 4.53. The molecule has 1 atom stereocenters. The van der Waals surface area contributed by atoms with Crippen molar-refractivity contribution in [2.45, 2.75) is 12.5 Å². The maximum absolute atomic E-state index is 11.5. The number of hydrogen-bond donors (Lipinski definition) is 4. The Hall–Kier alpha value is -1.53. The summed E-state index contributed by atoms with van der Waals surface area (Å²) in [7, 11) is 0. The average Bonchev–Trinajstić information content (AvgIpc) is 2.64. The summed E-state index contributed by atoms with van der Waals surface area (Å²) >= 11 is 5.60. The lowest BCUT2D eigenvalue weighted by atomic mass is 10.2. The number of aromatic amines is 1. The van der Waals surface area contributed by atoms with E-state index in [1.165, 1.54) is 12.3 Å². The summed E-state index contributed by atoms with van der Waals surface area (Å²) in [6.45, 7) is -0.317. The van der Waals surface area contributed by atoms with Gasteiger partial charge in [-0.15, -0.1) is 0 Å². The molecule has 1 aromatic rings. The van der Waals surface area contributed by atoms with Crippen molar-refractivity contribution in [3.05, 3.63) is 23.0 Å². The Labute approximate surface area is 96.2 Å². The predicted molar refractivity (Wildman–Crippen MR) is 56.4 cm³/mol. The van der Waals surface area contributed by atoms with E-state index in [0.717, 1.165) is 0 Å². The molecule has 88 valence electrons. The van der Waals surface area contributed by atoms with Crippen molar-refractivity contribution < 1.29 is 19.8 Å². The van der Waals surface area contributed by atoms with E-state index in [4.69, 9.17) is 21.8 Å². The molecule has 7 heteroatoms. The fraction of sp³-hybridized carbons (Fsp3) is 0.333. The van der Waals surface area contributed by atoms with Gasteiger partial charge in [0.15, 0.2) is 0 Å². The Balaban J connectivity index is 2.65. The fourth-order valence-electron chi connectivity index (χ4n) is 1.12. The van der Waals surface area contributed by atoms with Gasteiger partial charge < -0.3 is 20.5 Å². The molecular weight excluding hydrogens is 236 g/mol. The largest absolute Gasteiger partial charge is 0.480 e. The molecule has 0 aliphatic rings. The highest BCUT2D eigenvalue weighted by atomic mass is 35.5. The van der Waals surface area contributed by atoms with Crippen LogP contribution in [0.15, 0.2) is 12.3 Å². The molecular formula is C9H11ClN2O4. The molecule has 1 unspecified atom stereocenters. The molecule has 0 aromatic carbocycles. The van der Waals surface area contributed by atoms with E-state index < -0.39 is 17.9 Å². The first kappa shape index (κ1) is 12.5. The average molecular weight is 247 g/mol. The third kappa shape index (κ3) is 3.25. The van der Waals surface area contributed by atoms with Gasteiger partial charge in [0.1, 0.15) is 11.7 Å². The molecule has 0 fully saturated rings. The van der Waals surface area contributed by atoms with E-state index in [9.17, 15) is 9.59 Å². The Bertz CT molecular complexity index is 391. The van der Waals surface area contributed by atoms with Crippen LogP contribution in [0, 0.1) is 0 Å². The van der Waals surface area contributed by atoms with Gasteiger partial charge in [-0.2, -0.15) is 0 Å². The smallest absolute Gasteiger partial charge is 0.326 e. The van der Waals surface area contributed by atoms with Gasteiger partial charge in [-0.3, -0.25) is 4.79 Å². The van der Waals surface area contributed by atoms with Gasteiger partial charge in [0, 0.05) is 19.2 Å². The van der Waals surface area contributed by atoms with Gasteiger partial charge in [-0.1, -0.05) is 11.6 Å². The molecule has 0 aliphatic heterocycles. The summed E-state index contributed by atoms with van der Waals surface area (Å²) in [5, 5.41) is 20.0. The standard InChI is InChI=1S/C9H11ClN2O4/c10-5-3-7(11-4-5)8(14)12-6(1-2-13)9(15)16/h3-4,6,11,13H,1-2H2,(H,12,14)(H,15,16). The van der Waals surface area contributed by atoms with Crippen molar-refractivity contribution in [3.63, 3.8) is 0 Å². The molecule has 0 radical (unpaired) electrons. The molecule has 1 heterocycles. The van der Waals surface area contributed by atoms with Crippen LogP contribution in [0.25, 0.3) is 0 Å². The van der Waals surface area contributed by atoms with Crippen LogP contribution in [0.5, 0.6) is 0 Å². The van der Waals surface area contributed by atoms with E-state index in [2.05, 4.69) is 10.3 Å². The molecule has 1 rings (SSSR count). The van der Waals surface area contributed by atoms with Crippen LogP contribution in [0.3, 0.4) is 0 Å². The monoisotopic (exact) mass is 246 g/mol. The molecule has 0 saturated heterocycles. The number of aromatic nitrogens is 1. The minimum atomic E-state index is -1.19. The highest BCUT2D eigenvalue weighted by Gasteiger charge is 2.20. The Morgan fingerprint density at radius 3 is 2.69 bits per heavy atom. The number of amides is 1. The lowest BCUT2D eigenvalue weighted by Gasteiger charge is -2.12. The van der Waals surface area contributed by atoms with Gasteiger partial charge in [0.25, 0.3) is 5.91 Å². The zero-order valence-electron chi connectivity index (χ0n) is 8.24. The zero-order valence-corrected chi connectivity index (χ0v) is 8.99. The van der Waals surface area contributed by atoms with Crippen molar-refractivity contribution >= 4 is 23.5 Å². The summed E-state index contributed by atoms with van der Waals surface area (Å²) in [6.07, 6.45) is 1.37. The molecule has 0 spiro atoms. The minimum Gasteiger partial charge on any atom is -0.480 e. The quantitative estimate of drug-likeness (QED) is 0.597. The third-order valence-corrected chi connectivity index (χ3v) is 2.13. The minimum absolute atomic E-state index is 0.0461. The number of aliphatic carboxylic acids is 1. The second-order valence-electron chi connectivity index (χ2n) is 3.11. The molecule has 1 amide bonds. The maximum Gasteiger partial charge on any atom is 0.326 e. The Morgan fingerprint density at radius 2 is 2.25 bits per heavy atom. The van der Waals surface area contributed by atoms with Crippen LogP contribution in [0.4, 0.5) is 0 Å². The molecule has 16 heavy (non-hydrogen) atoms. The number of rotatable bonds is 5. The second kappa shape index (κ2) is 5.53. The number of aliphatic hydroxyl groups is 1. The van der Waals surface area contributed by atoms with E-state index in [1.807, 2.05) is 0 Å². The van der Waals surface area contributed by atoms with Crippen molar-refractivity contribution in [3.8, 4) is 0 Å². The molecule has 1 aromatic heterocycles. The van der Waals surface area contributed by atoms with E-state index in [0.29, 0.717) is 5.02 Å². The fourth-order valence-corrected chi connectivity index (χ4v) is 1.29. The summed E-state index contributed by atoms with van der Waals surface area (Å²) in [5.41, 5.74) is 0.175. The number of carboxylic acids is 1. The zero-order chi connectivity index (χ0) is 12.1. The summed E-state index contributed by atoms with van der Waals surface area (Å²) < 4.78 is 0. The van der Waals surface area contributed by atoms with Crippen molar-refractivity contribution in [2.75, 3.05) is 6.61 Å². The number of aliphatic hydroxyl groups excluding tert-OH is 1. The predicted octanol–water partition coefficient (Wildman–Crippen LogP) is 0.233. The van der Waals surface area contributed by atoms with Crippen molar-refractivity contribution in [1.29, 1.82) is 0 Å². The van der Waals surface area contributed by atoms with Crippen LogP contribution < -0.4 is 5.32 Å². The Kier molecular flexibility index (Phi) is 4.33. The summed E-state index contributed by atoms with van der Waals surface area (Å²) in [4.78, 5) is 24.8. The Morgan fingerprint density at radius 1 is 1.56 bits per heavy atom. The normalized spacial score (nSPS) is 12.1. The number of hydrogen-bond acceptors (Lipinski definition) is 3. The van der Waals surface area contributed by atoms with Crippen LogP contribution in [-0.2, 0) is 4.79 Å². The van der Waals surface area contributed by atoms with Crippen LogP contribution >= 0.6 is 11.6 Å². The molecule has 0 bridgehead atoms. The van der Waals surface area contributed by atoms with Gasteiger partial charge in [0.05, 0.1) is 5.02 Å². The van der Waals surface area contributed by atoms with Crippen LogP contribution in [0.2, 0.25) is 5.02 Å². The number of carbonyl (C=O) groups is 2. The van der Waals surface area contributed by atoms with Crippen LogP contribution in [-0.4, -0.2) is 39.7 Å². The van der Waals surface area contributed by atoms with E-state index in [1.54, 1.807) is 0 Å². The van der Waals surface area contributed by atoms with E-state index >= 15 is 0 Å².